The fraction of sp³-hybridized carbons (Fsp3) is 0.150. The third kappa shape index (κ3) is 3.48. The second kappa shape index (κ2) is 7.32. The van der Waals surface area contributed by atoms with Crippen LogP contribution in [0.15, 0.2) is 35.6 Å². The molecule has 0 saturated carbocycles. The van der Waals surface area contributed by atoms with Gasteiger partial charge in [0, 0.05) is 12.0 Å². The second-order valence-corrected chi connectivity index (χ2v) is 7.25. The van der Waals surface area contributed by atoms with E-state index in [0.29, 0.717) is 5.75 Å². The molecule has 0 unspecified atom stereocenters. The van der Waals surface area contributed by atoms with Gasteiger partial charge in [0.2, 0.25) is 0 Å². The Morgan fingerprint density at radius 2 is 1.93 bits per heavy atom. The van der Waals surface area contributed by atoms with Gasteiger partial charge in [-0.1, -0.05) is 35.9 Å². The van der Waals surface area contributed by atoms with Gasteiger partial charge in [0.05, 0.1) is 34.0 Å². The number of fused-ring (bicyclic) bond motifs is 1. The fourth-order valence-electron chi connectivity index (χ4n) is 3.06. The van der Waals surface area contributed by atoms with Crippen LogP contribution >= 0.6 is 23.2 Å². The number of carbonyl (C=O) groups is 2. The topological polar surface area (TPSA) is 76.2 Å². The summed E-state index contributed by atoms with van der Waals surface area (Å²) in [6.45, 7) is 9.01. The molecule has 7 nitrogen and oxygen atoms in total. The molecule has 0 saturated heterocycles. The lowest BCUT2D eigenvalue weighted by Crippen LogP contribution is -2.36. The number of benzene rings is 1. The highest BCUT2D eigenvalue weighted by molar-refractivity contribution is 6.47. The number of anilines is 1. The molecule has 2 aromatic rings. The summed E-state index contributed by atoms with van der Waals surface area (Å²) in [7, 11) is 0. The molecule has 2 heterocycles. The maximum absolute atomic E-state index is 12.2. The molecule has 0 spiro atoms. The van der Waals surface area contributed by atoms with E-state index in [-0.39, 0.29) is 27.3 Å². The Morgan fingerprint density at radius 1 is 1.21 bits per heavy atom. The summed E-state index contributed by atoms with van der Waals surface area (Å²) >= 11 is 12.7. The van der Waals surface area contributed by atoms with Crippen molar-refractivity contribution < 1.29 is 14.3 Å². The van der Waals surface area contributed by atoms with Gasteiger partial charge in [-0.2, -0.15) is 0 Å². The molecule has 0 fully saturated rings. The lowest BCUT2D eigenvalue weighted by Gasteiger charge is -2.18. The Hall–Kier alpha value is -3.21. The number of carbonyl (C=O) groups excluding carboxylic acids is 2. The molecule has 1 aliphatic carbocycles. The van der Waals surface area contributed by atoms with Crippen molar-refractivity contribution in [2.75, 3.05) is 5.01 Å². The summed E-state index contributed by atoms with van der Waals surface area (Å²) < 4.78 is 5.85. The van der Waals surface area contributed by atoms with E-state index in [0.717, 1.165) is 28.3 Å². The third-order valence-corrected chi connectivity index (χ3v) is 5.08. The number of ketones is 1. The summed E-state index contributed by atoms with van der Waals surface area (Å²) in [5.74, 6) is -0.888. The van der Waals surface area contributed by atoms with E-state index in [1.165, 1.54) is 12.1 Å². The first-order chi connectivity index (χ1) is 13.9. The monoisotopic (exact) mass is 426 g/mol. The van der Waals surface area contributed by atoms with Crippen LogP contribution in [0.5, 0.6) is 11.5 Å². The normalized spacial score (nSPS) is 15.6. The molecule has 29 heavy (non-hydrogen) atoms. The molecular weight excluding hydrogens is 415 g/mol. The van der Waals surface area contributed by atoms with Crippen LogP contribution in [0.1, 0.15) is 24.6 Å². The molecule has 0 N–H and O–H groups in total. The summed E-state index contributed by atoms with van der Waals surface area (Å²) in [6, 6.07) is 4.74. The number of halogens is 2. The van der Waals surface area contributed by atoms with Gasteiger partial charge in [-0.05, 0) is 35.8 Å². The van der Waals surface area contributed by atoms with Gasteiger partial charge in [-0.15, -0.1) is 5.01 Å². The molecule has 0 bridgehead atoms. The summed E-state index contributed by atoms with van der Waals surface area (Å²) in [6.07, 6.45) is 4.03. The van der Waals surface area contributed by atoms with Crippen LogP contribution in [0.3, 0.4) is 0 Å². The van der Waals surface area contributed by atoms with E-state index in [9.17, 15) is 9.59 Å². The number of amidine groups is 1. The van der Waals surface area contributed by atoms with E-state index in [1.54, 1.807) is 6.20 Å². The van der Waals surface area contributed by atoms with Crippen molar-refractivity contribution in [3.8, 4) is 11.5 Å². The van der Waals surface area contributed by atoms with Gasteiger partial charge in [0.25, 0.3) is 5.91 Å². The molecule has 1 aromatic heterocycles. The van der Waals surface area contributed by atoms with Crippen molar-refractivity contribution in [1.82, 2.24) is 4.98 Å². The fourth-order valence-corrected chi connectivity index (χ4v) is 3.61. The molecule has 9 heteroatoms. The zero-order chi connectivity index (χ0) is 20.7. The zero-order valence-corrected chi connectivity index (χ0v) is 16.6. The number of hydrazone groups is 1. The minimum atomic E-state index is -0.619. The van der Waals surface area contributed by atoms with Crippen LogP contribution in [0.4, 0.5) is 5.69 Å². The number of pyridine rings is 1. The number of rotatable bonds is 3. The first kappa shape index (κ1) is 19.1. The Kier molecular flexibility index (Phi) is 4.82. The van der Waals surface area contributed by atoms with Crippen LogP contribution in [0.25, 0.3) is 10.4 Å². The van der Waals surface area contributed by atoms with Crippen LogP contribution in [-0.2, 0) is 16.0 Å². The number of Topliss-reactive ketones (excluding diaryl/α,β-unsaturated/α-hetero) is 1. The lowest BCUT2D eigenvalue weighted by atomic mass is 10.1. The average molecular weight is 427 g/mol. The number of aromatic nitrogens is 1. The largest absolute Gasteiger partial charge is 0.453 e. The number of amides is 1. The van der Waals surface area contributed by atoms with Crippen molar-refractivity contribution in [2.24, 2.45) is 5.10 Å². The quantitative estimate of drug-likeness (QED) is 0.527. The molecule has 2 aliphatic rings. The third-order valence-electron chi connectivity index (χ3n) is 4.52. The van der Waals surface area contributed by atoms with Gasteiger partial charge in [0.1, 0.15) is 5.75 Å². The summed E-state index contributed by atoms with van der Waals surface area (Å²) in [4.78, 5) is 31.2. The first-order valence-corrected chi connectivity index (χ1v) is 9.28. The maximum atomic E-state index is 12.2. The molecule has 1 aliphatic heterocycles. The number of hydrogen-bond acceptors (Lipinski definition) is 5. The summed E-state index contributed by atoms with van der Waals surface area (Å²) in [5.41, 5.74) is 3.35. The Bertz CT molecular complexity index is 1160. The highest BCUT2D eigenvalue weighted by Gasteiger charge is 2.32. The van der Waals surface area contributed by atoms with Gasteiger partial charge in [0.15, 0.2) is 11.5 Å². The molecule has 144 valence electrons. The maximum Gasteiger partial charge on any atom is 0.337 e. The van der Waals surface area contributed by atoms with Crippen LogP contribution < -0.4 is 9.75 Å². The van der Waals surface area contributed by atoms with E-state index in [4.69, 9.17) is 34.5 Å². The number of allylic oxidation sites excluding steroid dienone is 2. The highest BCUT2D eigenvalue weighted by Crippen LogP contribution is 2.41. The summed E-state index contributed by atoms with van der Waals surface area (Å²) in [5, 5.41) is 5.03. The van der Waals surface area contributed by atoms with Crippen LogP contribution in [-0.4, -0.2) is 22.5 Å². The standard InChI is InChI=1S/C20H12Cl2N4O3/c1-10-3-4-16-13(10)7-12(9-24-16)29-19-14(21)5-11(6-15(19)22)26-18(28)8-17(27)20(23-2)25-26/h3,5-7,9H,4,8H2,1H3. The Balaban J connectivity index is 1.67. The van der Waals surface area contributed by atoms with E-state index in [1.807, 2.05) is 13.0 Å². The van der Waals surface area contributed by atoms with Crippen molar-refractivity contribution in [3.05, 3.63) is 63.2 Å². The van der Waals surface area contributed by atoms with Crippen molar-refractivity contribution in [1.29, 1.82) is 0 Å². The van der Waals surface area contributed by atoms with Gasteiger partial charge in [-0.3, -0.25) is 9.78 Å². The number of nitrogens with zero attached hydrogens (tertiary/aromatic N) is 4. The number of ether oxygens (including phenoxy) is 1. The molecule has 1 amide bonds. The Morgan fingerprint density at radius 3 is 2.62 bits per heavy atom. The Labute approximate surface area is 176 Å². The zero-order valence-electron chi connectivity index (χ0n) is 15.1. The van der Waals surface area contributed by atoms with Gasteiger partial charge < -0.3 is 14.4 Å². The molecule has 0 atom stereocenters. The highest BCUT2D eigenvalue weighted by atomic mass is 35.5. The van der Waals surface area contributed by atoms with E-state index < -0.39 is 18.1 Å². The lowest BCUT2D eigenvalue weighted by molar-refractivity contribution is -0.124. The average Bonchev–Trinajstić information content (AvgIpc) is 3.05. The smallest absolute Gasteiger partial charge is 0.337 e. The van der Waals surface area contributed by atoms with Crippen molar-refractivity contribution >= 4 is 52.0 Å². The SMILES string of the molecule is [C-]#[N+]C1=NN(c2cc(Cl)c(Oc3cnc4c(c3)C(C)=CC4)c(Cl)c2)C(=O)CC1=O. The second-order valence-electron chi connectivity index (χ2n) is 6.44. The number of hydrogen-bond donors (Lipinski definition) is 0. The van der Waals surface area contributed by atoms with Gasteiger partial charge in [-0.25, -0.2) is 0 Å². The molecular formula is C20H12Cl2N4O3. The van der Waals surface area contributed by atoms with Crippen LogP contribution in [0.2, 0.25) is 10.0 Å². The van der Waals surface area contributed by atoms with Crippen molar-refractivity contribution in [3.63, 3.8) is 0 Å². The van der Waals surface area contributed by atoms with Crippen molar-refractivity contribution in [2.45, 2.75) is 19.8 Å². The molecule has 1 aromatic carbocycles. The van der Waals surface area contributed by atoms with Crippen LogP contribution in [0, 0.1) is 6.57 Å². The predicted molar refractivity (Wildman–Crippen MR) is 109 cm³/mol. The predicted octanol–water partition coefficient (Wildman–Crippen LogP) is 4.68. The minimum Gasteiger partial charge on any atom is -0.453 e. The van der Waals surface area contributed by atoms with E-state index >= 15 is 0 Å². The van der Waals surface area contributed by atoms with E-state index in [2.05, 4.69) is 21.0 Å². The van der Waals surface area contributed by atoms with Gasteiger partial charge >= 0.3 is 5.84 Å². The molecule has 0 radical (unpaired) electrons. The minimum absolute atomic E-state index is 0.143. The first-order valence-electron chi connectivity index (χ1n) is 8.52. The molecule has 4 rings (SSSR count).